The normalized spacial score (nSPS) is 15.0. The molecule has 130 valence electrons. The fraction of sp³-hybridized carbons (Fsp3) is 0.200. The van der Waals surface area contributed by atoms with E-state index in [2.05, 4.69) is 21.0 Å². The van der Waals surface area contributed by atoms with Crippen LogP contribution in [0.3, 0.4) is 0 Å². The van der Waals surface area contributed by atoms with Crippen molar-refractivity contribution < 1.29 is 9.13 Å². The third-order valence-electron chi connectivity index (χ3n) is 4.86. The molecule has 6 heteroatoms. The molecule has 2 aromatic carbocycles. The number of rotatable bonds is 2. The van der Waals surface area contributed by atoms with Gasteiger partial charge in [0.1, 0.15) is 5.82 Å². The molecule has 1 aliphatic rings. The Morgan fingerprint density at radius 3 is 2.58 bits per heavy atom. The Labute approximate surface area is 149 Å². The molecule has 0 bridgehead atoms. The van der Waals surface area contributed by atoms with Crippen LogP contribution in [-0.2, 0) is 4.74 Å². The number of halogens is 1. The van der Waals surface area contributed by atoms with E-state index in [1.54, 1.807) is 18.3 Å². The maximum atomic E-state index is 13.3. The molecule has 5 rings (SSSR count). The molecule has 2 aromatic heterocycles. The molecule has 1 aliphatic heterocycles. The summed E-state index contributed by atoms with van der Waals surface area (Å²) in [5.41, 5.74) is 2.99. The monoisotopic (exact) mass is 348 g/mol. The van der Waals surface area contributed by atoms with E-state index < -0.39 is 0 Å². The summed E-state index contributed by atoms with van der Waals surface area (Å²) in [5, 5.41) is 7.79. The molecular weight excluding hydrogens is 331 g/mol. The zero-order chi connectivity index (χ0) is 17.5. The van der Waals surface area contributed by atoms with E-state index in [1.807, 2.05) is 23.1 Å². The SMILES string of the molecule is Fc1ccc(-n2ncc3cc(N4CCOCC4)c4cnccc4c32)cc1. The Bertz CT molecular complexity index is 1080. The lowest BCUT2D eigenvalue weighted by molar-refractivity contribution is 0.123. The van der Waals surface area contributed by atoms with Gasteiger partial charge in [-0.2, -0.15) is 5.10 Å². The van der Waals surface area contributed by atoms with Gasteiger partial charge in [0.2, 0.25) is 0 Å². The third-order valence-corrected chi connectivity index (χ3v) is 4.86. The summed E-state index contributed by atoms with van der Waals surface area (Å²) in [6.45, 7) is 3.19. The Balaban J connectivity index is 1.77. The van der Waals surface area contributed by atoms with Crippen molar-refractivity contribution in [1.82, 2.24) is 14.8 Å². The van der Waals surface area contributed by atoms with Crippen LogP contribution in [0.15, 0.2) is 55.0 Å². The molecule has 5 nitrogen and oxygen atoms in total. The number of nitrogens with zero attached hydrogens (tertiary/aromatic N) is 4. The highest BCUT2D eigenvalue weighted by Gasteiger charge is 2.18. The number of hydrogen-bond donors (Lipinski definition) is 0. The zero-order valence-corrected chi connectivity index (χ0v) is 14.1. The van der Waals surface area contributed by atoms with Crippen molar-refractivity contribution in [3.63, 3.8) is 0 Å². The molecule has 0 amide bonds. The number of aromatic nitrogens is 3. The van der Waals surface area contributed by atoms with E-state index in [0.717, 1.165) is 59.4 Å². The van der Waals surface area contributed by atoms with Gasteiger partial charge in [-0.05, 0) is 36.4 Å². The van der Waals surface area contributed by atoms with Gasteiger partial charge in [-0.25, -0.2) is 9.07 Å². The summed E-state index contributed by atoms with van der Waals surface area (Å²) in [7, 11) is 0. The molecule has 0 aliphatic carbocycles. The summed E-state index contributed by atoms with van der Waals surface area (Å²) in [4.78, 5) is 6.67. The fourth-order valence-electron chi connectivity index (χ4n) is 3.61. The van der Waals surface area contributed by atoms with Crippen LogP contribution >= 0.6 is 0 Å². The highest BCUT2D eigenvalue weighted by atomic mass is 19.1. The van der Waals surface area contributed by atoms with Gasteiger partial charge in [0, 0.05) is 47.3 Å². The van der Waals surface area contributed by atoms with Gasteiger partial charge < -0.3 is 9.64 Å². The van der Waals surface area contributed by atoms with Crippen molar-refractivity contribution in [3.05, 3.63) is 60.8 Å². The Kier molecular flexibility index (Phi) is 3.57. The van der Waals surface area contributed by atoms with Crippen LogP contribution in [-0.4, -0.2) is 41.1 Å². The van der Waals surface area contributed by atoms with Crippen LogP contribution in [0.25, 0.3) is 27.4 Å². The molecule has 0 unspecified atom stereocenters. The van der Waals surface area contributed by atoms with Crippen LogP contribution in [0, 0.1) is 5.82 Å². The highest BCUT2D eigenvalue weighted by Crippen LogP contribution is 2.35. The number of benzene rings is 2. The molecule has 0 saturated carbocycles. The third kappa shape index (κ3) is 2.42. The highest BCUT2D eigenvalue weighted by molar-refractivity contribution is 6.11. The minimum atomic E-state index is -0.256. The number of hydrogen-bond acceptors (Lipinski definition) is 4. The van der Waals surface area contributed by atoms with Gasteiger partial charge in [0.25, 0.3) is 0 Å². The van der Waals surface area contributed by atoms with E-state index in [0.29, 0.717) is 0 Å². The predicted octanol–water partition coefficient (Wildman–Crippen LogP) is 3.55. The van der Waals surface area contributed by atoms with Crippen molar-refractivity contribution in [1.29, 1.82) is 0 Å². The van der Waals surface area contributed by atoms with Crippen molar-refractivity contribution in [2.75, 3.05) is 31.2 Å². The first-order valence-corrected chi connectivity index (χ1v) is 8.64. The number of anilines is 1. The Hall–Kier alpha value is -2.99. The second-order valence-corrected chi connectivity index (χ2v) is 6.39. The van der Waals surface area contributed by atoms with E-state index >= 15 is 0 Å². The maximum absolute atomic E-state index is 13.3. The lowest BCUT2D eigenvalue weighted by atomic mass is 10.1. The molecule has 0 radical (unpaired) electrons. The Morgan fingerprint density at radius 2 is 1.77 bits per heavy atom. The van der Waals surface area contributed by atoms with Crippen LogP contribution in [0.2, 0.25) is 0 Å². The summed E-state index contributed by atoms with van der Waals surface area (Å²) < 4.78 is 20.6. The van der Waals surface area contributed by atoms with Crippen molar-refractivity contribution in [2.24, 2.45) is 0 Å². The molecule has 1 saturated heterocycles. The molecular formula is C20H17FN4O. The average molecular weight is 348 g/mol. The van der Waals surface area contributed by atoms with Gasteiger partial charge in [-0.1, -0.05) is 0 Å². The van der Waals surface area contributed by atoms with Gasteiger partial charge in [0.15, 0.2) is 0 Å². The molecule has 1 fully saturated rings. The van der Waals surface area contributed by atoms with Gasteiger partial charge >= 0.3 is 0 Å². The van der Waals surface area contributed by atoms with E-state index in [9.17, 15) is 4.39 Å². The number of pyridine rings is 1. The van der Waals surface area contributed by atoms with Crippen LogP contribution in [0.4, 0.5) is 10.1 Å². The summed E-state index contributed by atoms with van der Waals surface area (Å²) in [5.74, 6) is -0.256. The standard InChI is InChI=1S/C20H17FN4O/c21-15-1-3-16(4-2-15)25-20-14(12-23-25)11-19(24-7-9-26-10-8-24)18-13-22-6-5-17(18)20/h1-6,11-13H,7-10H2. The van der Waals surface area contributed by atoms with Crippen LogP contribution < -0.4 is 4.90 Å². The summed E-state index contributed by atoms with van der Waals surface area (Å²) in [6, 6.07) is 10.6. The quantitative estimate of drug-likeness (QED) is 0.556. The maximum Gasteiger partial charge on any atom is 0.123 e. The molecule has 0 atom stereocenters. The number of ether oxygens (including phenoxy) is 1. The fourth-order valence-corrected chi connectivity index (χ4v) is 3.61. The number of morpholine rings is 1. The summed E-state index contributed by atoms with van der Waals surface area (Å²) >= 11 is 0. The van der Waals surface area contributed by atoms with Crippen molar-refractivity contribution >= 4 is 27.4 Å². The van der Waals surface area contributed by atoms with Crippen molar-refractivity contribution in [2.45, 2.75) is 0 Å². The van der Waals surface area contributed by atoms with Crippen LogP contribution in [0.1, 0.15) is 0 Å². The van der Waals surface area contributed by atoms with E-state index in [4.69, 9.17) is 4.74 Å². The second-order valence-electron chi connectivity index (χ2n) is 6.39. The molecule has 26 heavy (non-hydrogen) atoms. The van der Waals surface area contributed by atoms with Crippen molar-refractivity contribution in [3.8, 4) is 5.69 Å². The zero-order valence-electron chi connectivity index (χ0n) is 14.1. The van der Waals surface area contributed by atoms with E-state index in [-0.39, 0.29) is 5.82 Å². The molecule has 3 heterocycles. The van der Waals surface area contributed by atoms with Gasteiger partial charge in [0.05, 0.1) is 30.6 Å². The first-order chi connectivity index (χ1) is 12.8. The molecule has 0 N–H and O–H groups in total. The summed E-state index contributed by atoms with van der Waals surface area (Å²) in [6.07, 6.45) is 5.57. The second kappa shape index (κ2) is 6.07. The first kappa shape index (κ1) is 15.3. The molecule has 4 aromatic rings. The first-order valence-electron chi connectivity index (χ1n) is 8.64. The number of fused-ring (bicyclic) bond motifs is 3. The van der Waals surface area contributed by atoms with E-state index in [1.165, 1.54) is 12.1 Å². The van der Waals surface area contributed by atoms with Crippen LogP contribution in [0.5, 0.6) is 0 Å². The minimum absolute atomic E-state index is 0.256. The lowest BCUT2D eigenvalue weighted by Crippen LogP contribution is -2.36. The minimum Gasteiger partial charge on any atom is -0.378 e. The Morgan fingerprint density at radius 1 is 0.962 bits per heavy atom. The topological polar surface area (TPSA) is 43.2 Å². The lowest BCUT2D eigenvalue weighted by Gasteiger charge is -2.30. The van der Waals surface area contributed by atoms with Gasteiger partial charge in [-0.3, -0.25) is 4.98 Å². The molecule has 0 spiro atoms. The average Bonchev–Trinajstić information content (AvgIpc) is 3.13. The van der Waals surface area contributed by atoms with Gasteiger partial charge in [-0.15, -0.1) is 0 Å². The smallest absolute Gasteiger partial charge is 0.123 e. The largest absolute Gasteiger partial charge is 0.378 e. The predicted molar refractivity (Wildman–Crippen MR) is 99.4 cm³/mol.